The first-order valence-electron chi connectivity index (χ1n) is 5.86. The third-order valence-electron chi connectivity index (χ3n) is 2.70. The second-order valence-corrected chi connectivity index (χ2v) is 5.13. The quantitative estimate of drug-likeness (QED) is 0.890. The van der Waals surface area contributed by atoms with Gasteiger partial charge in [-0.1, -0.05) is 12.1 Å². The largest absolute Gasteiger partial charge is 0.419 e. The van der Waals surface area contributed by atoms with Gasteiger partial charge < -0.3 is 5.32 Å². The molecule has 2 aromatic rings. The Morgan fingerprint density at radius 3 is 2.48 bits per heavy atom. The van der Waals surface area contributed by atoms with Gasteiger partial charge in [-0.05, 0) is 39.7 Å². The van der Waals surface area contributed by atoms with Crippen molar-refractivity contribution < 1.29 is 13.2 Å². The molecule has 1 aromatic carbocycles. The lowest BCUT2D eigenvalue weighted by Crippen LogP contribution is -2.12. The Hall–Kier alpha value is -2.07. The molecule has 2 rings (SSSR count). The van der Waals surface area contributed by atoms with Crippen LogP contribution >= 0.6 is 15.9 Å². The Kier molecular flexibility index (Phi) is 4.48. The number of hydrogen-bond acceptors (Lipinski definition) is 3. The maximum Gasteiger partial charge on any atom is 0.419 e. The lowest BCUT2D eigenvalue weighted by molar-refractivity contribution is -0.137. The van der Waals surface area contributed by atoms with E-state index >= 15 is 0 Å². The van der Waals surface area contributed by atoms with Gasteiger partial charge in [0.15, 0.2) is 0 Å². The van der Waals surface area contributed by atoms with Crippen LogP contribution in [0.2, 0.25) is 0 Å². The molecule has 1 aromatic heterocycles. The minimum atomic E-state index is -4.48. The minimum Gasteiger partial charge on any atom is -0.365 e. The van der Waals surface area contributed by atoms with E-state index in [1.807, 2.05) is 6.07 Å². The Morgan fingerprint density at radius 1 is 1.24 bits per heavy atom. The molecular formula is C14H9BrF3N3. The molecule has 0 atom stereocenters. The van der Waals surface area contributed by atoms with Crippen LogP contribution in [0, 0.1) is 11.3 Å². The zero-order chi connectivity index (χ0) is 15.5. The number of benzene rings is 1. The van der Waals surface area contributed by atoms with Gasteiger partial charge in [0.05, 0.1) is 17.2 Å². The SMILES string of the molecule is N#Cc1ccc(CNc2ncc(Br)cc2C(F)(F)F)cc1. The van der Waals surface area contributed by atoms with E-state index in [4.69, 9.17) is 5.26 Å². The van der Waals surface area contributed by atoms with Crippen LogP contribution in [0.3, 0.4) is 0 Å². The standard InChI is InChI=1S/C14H9BrF3N3/c15-11-5-12(14(16,17)18)13(21-8-11)20-7-10-3-1-9(6-19)2-4-10/h1-5,8H,7H2,(H,20,21). The molecule has 0 bridgehead atoms. The predicted molar refractivity (Wildman–Crippen MR) is 75.4 cm³/mol. The molecule has 108 valence electrons. The Balaban J connectivity index is 2.18. The molecule has 0 spiro atoms. The molecule has 0 aliphatic carbocycles. The topological polar surface area (TPSA) is 48.7 Å². The van der Waals surface area contributed by atoms with E-state index in [0.717, 1.165) is 11.6 Å². The fraction of sp³-hybridized carbons (Fsp3) is 0.143. The van der Waals surface area contributed by atoms with Crippen molar-refractivity contribution in [2.75, 3.05) is 5.32 Å². The average molecular weight is 356 g/mol. The number of alkyl halides is 3. The highest BCUT2D eigenvalue weighted by Crippen LogP contribution is 2.35. The first-order valence-corrected chi connectivity index (χ1v) is 6.65. The monoisotopic (exact) mass is 355 g/mol. The predicted octanol–water partition coefficient (Wildman–Crippen LogP) is 4.35. The molecule has 3 nitrogen and oxygen atoms in total. The second-order valence-electron chi connectivity index (χ2n) is 4.21. The Morgan fingerprint density at radius 2 is 1.90 bits per heavy atom. The van der Waals surface area contributed by atoms with E-state index in [2.05, 4.69) is 26.2 Å². The number of halogens is 4. The smallest absolute Gasteiger partial charge is 0.365 e. The summed E-state index contributed by atoms with van der Waals surface area (Å²) in [5.41, 5.74) is 0.425. The average Bonchev–Trinajstić information content (AvgIpc) is 2.45. The number of nitrogens with zero attached hydrogens (tertiary/aromatic N) is 2. The number of rotatable bonds is 3. The lowest BCUT2D eigenvalue weighted by atomic mass is 10.1. The van der Waals surface area contributed by atoms with Gasteiger partial charge in [0.1, 0.15) is 5.82 Å². The molecule has 0 aliphatic heterocycles. The van der Waals surface area contributed by atoms with E-state index < -0.39 is 11.7 Å². The van der Waals surface area contributed by atoms with Crippen molar-refractivity contribution in [2.45, 2.75) is 12.7 Å². The van der Waals surface area contributed by atoms with Gasteiger partial charge in [-0.2, -0.15) is 18.4 Å². The summed E-state index contributed by atoms with van der Waals surface area (Å²) in [7, 11) is 0. The summed E-state index contributed by atoms with van der Waals surface area (Å²) in [6, 6.07) is 9.53. The van der Waals surface area contributed by atoms with Gasteiger partial charge in [0.25, 0.3) is 0 Å². The van der Waals surface area contributed by atoms with Crippen LogP contribution in [0.5, 0.6) is 0 Å². The van der Waals surface area contributed by atoms with Crippen LogP contribution < -0.4 is 5.32 Å². The number of anilines is 1. The van der Waals surface area contributed by atoms with Crippen molar-refractivity contribution in [1.82, 2.24) is 4.98 Å². The van der Waals surface area contributed by atoms with E-state index in [1.165, 1.54) is 6.20 Å². The fourth-order valence-electron chi connectivity index (χ4n) is 1.68. The summed E-state index contributed by atoms with van der Waals surface area (Å²) in [5, 5.41) is 11.3. The number of aromatic nitrogens is 1. The van der Waals surface area contributed by atoms with Crippen molar-refractivity contribution in [1.29, 1.82) is 5.26 Å². The van der Waals surface area contributed by atoms with E-state index in [1.54, 1.807) is 24.3 Å². The molecule has 7 heteroatoms. The highest BCUT2D eigenvalue weighted by molar-refractivity contribution is 9.10. The normalized spacial score (nSPS) is 11.0. The molecule has 0 saturated carbocycles. The first-order chi connectivity index (χ1) is 9.90. The maximum atomic E-state index is 12.9. The van der Waals surface area contributed by atoms with E-state index in [0.29, 0.717) is 5.56 Å². The van der Waals surface area contributed by atoms with Gasteiger partial charge in [0, 0.05) is 17.2 Å². The molecule has 0 aliphatic rings. The molecule has 1 N–H and O–H groups in total. The van der Waals surface area contributed by atoms with Crippen molar-refractivity contribution in [3.63, 3.8) is 0 Å². The molecule has 0 fully saturated rings. The molecule has 0 amide bonds. The third-order valence-corrected chi connectivity index (χ3v) is 3.14. The second kappa shape index (κ2) is 6.14. The van der Waals surface area contributed by atoms with Crippen molar-refractivity contribution in [2.24, 2.45) is 0 Å². The molecule has 0 saturated heterocycles. The summed E-state index contributed by atoms with van der Waals surface area (Å²) >= 11 is 2.98. The van der Waals surface area contributed by atoms with Gasteiger partial charge >= 0.3 is 6.18 Å². The summed E-state index contributed by atoms with van der Waals surface area (Å²) in [6.07, 6.45) is -3.18. The van der Waals surface area contributed by atoms with Crippen molar-refractivity contribution in [3.8, 4) is 6.07 Å². The van der Waals surface area contributed by atoms with Crippen LogP contribution in [0.4, 0.5) is 19.0 Å². The molecular weight excluding hydrogens is 347 g/mol. The Labute approximate surface area is 127 Å². The van der Waals surface area contributed by atoms with Crippen molar-refractivity contribution in [3.05, 3.63) is 57.7 Å². The minimum absolute atomic E-state index is 0.184. The highest BCUT2D eigenvalue weighted by Gasteiger charge is 2.34. The first kappa shape index (κ1) is 15.3. The van der Waals surface area contributed by atoms with E-state index in [9.17, 15) is 13.2 Å². The summed E-state index contributed by atoms with van der Waals surface area (Å²) in [5.74, 6) is -0.227. The highest BCUT2D eigenvalue weighted by atomic mass is 79.9. The summed E-state index contributed by atoms with van der Waals surface area (Å²) < 4.78 is 39.0. The van der Waals surface area contributed by atoms with Crippen LogP contribution in [-0.2, 0) is 12.7 Å². The van der Waals surface area contributed by atoms with Crippen LogP contribution in [-0.4, -0.2) is 4.98 Å². The van der Waals surface area contributed by atoms with Crippen LogP contribution in [0.1, 0.15) is 16.7 Å². The molecule has 1 heterocycles. The summed E-state index contributed by atoms with van der Waals surface area (Å²) in [6.45, 7) is 0.184. The number of pyridine rings is 1. The lowest BCUT2D eigenvalue weighted by Gasteiger charge is -2.14. The van der Waals surface area contributed by atoms with Gasteiger partial charge in [-0.25, -0.2) is 4.98 Å². The zero-order valence-electron chi connectivity index (χ0n) is 10.6. The number of nitriles is 1. The van der Waals surface area contributed by atoms with Crippen molar-refractivity contribution >= 4 is 21.7 Å². The number of nitrogens with one attached hydrogen (secondary N) is 1. The summed E-state index contributed by atoms with van der Waals surface area (Å²) in [4.78, 5) is 3.76. The van der Waals surface area contributed by atoms with Gasteiger partial charge in [0.2, 0.25) is 0 Å². The van der Waals surface area contributed by atoms with Crippen LogP contribution in [0.25, 0.3) is 0 Å². The Bertz CT molecular complexity index is 675. The van der Waals surface area contributed by atoms with Gasteiger partial charge in [-0.3, -0.25) is 0 Å². The van der Waals surface area contributed by atoms with Gasteiger partial charge in [-0.15, -0.1) is 0 Å². The fourth-order valence-corrected chi connectivity index (χ4v) is 2.01. The number of hydrogen-bond donors (Lipinski definition) is 1. The molecule has 0 unspecified atom stereocenters. The zero-order valence-corrected chi connectivity index (χ0v) is 12.2. The third kappa shape index (κ3) is 3.95. The maximum absolute atomic E-state index is 12.9. The van der Waals surface area contributed by atoms with Crippen LogP contribution in [0.15, 0.2) is 41.0 Å². The molecule has 0 radical (unpaired) electrons. The van der Waals surface area contributed by atoms with E-state index in [-0.39, 0.29) is 16.8 Å². The molecule has 21 heavy (non-hydrogen) atoms.